The van der Waals surface area contributed by atoms with Gasteiger partial charge in [0.2, 0.25) is 0 Å². The lowest BCUT2D eigenvalue weighted by Crippen LogP contribution is -2.16. The van der Waals surface area contributed by atoms with E-state index in [1.807, 2.05) is 36.5 Å². The van der Waals surface area contributed by atoms with Gasteiger partial charge in [-0.3, -0.25) is 10.0 Å². The second-order valence-corrected chi connectivity index (χ2v) is 6.30. The molecule has 0 bridgehead atoms. The number of carbonyl (C=O) groups is 1. The number of rotatable bonds is 8. The van der Waals surface area contributed by atoms with Gasteiger partial charge in [-0.1, -0.05) is 43.7 Å². The van der Waals surface area contributed by atoms with Crippen LogP contribution in [-0.2, 0) is 11.3 Å². The Morgan fingerprint density at radius 1 is 1.22 bits per heavy atom. The highest BCUT2D eigenvalue weighted by molar-refractivity contribution is 5.90. The molecule has 2 aromatic heterocycles. The van der Waals surface area contributed by atoms with Crippen LogP contribution in [0.1, 0.15) is 31.0 Å². The van der Waals surface area contributed by atoms with E-state index in [2.05, 4.69) is 28.8 Å². The number of fused-ring (bicyclic) bond motifs is 1. The number of hydrogen-bond acceptors (Lipinski definition) is 4. The zero-order valence-electron chi connectivity index (χ0n) is 15.4. The number of amides is 1. The molecule has 27 heavy (non-hydrogen) atoms. The highest BCUT2D eigenvalue weighted by Crippen LogP contribution is 2.25. The van der Waals surface area contributed by atoms with Crippen molar-refractivity contribution in [2.24, 2.45) is 0 Å². The average molecular weight is 364 g/mol. The predicted octanol–water partition coefficient (Wildman–Crippen LogP) is 3.41. The van der Waals surface area contributed by atoms with Crippen LogP contribution in [0, 0.1) is 0 Å². The van der Waals surface area contributed by atoms with Crippen molar-refractivity contribution < 1.29 is 10.0 Å². The van der Waals surface area contributed by atoms with Gasteiger partial charge in [-0.25, -0.2) is 10.5 Å². The van der Waals surface area contributed by atoms with Crippen molar-refractivity contribution in [3.05, 3.63) is 66.0 Å². The topological polar surface area (TPSA) is 78.7 Å². The number of aromatic nitrogens is 2. The van der Waals surface area contributed by atoms with E-state index in [9.17, 15) is 4.79 Å². The number of pyridine rings is 1. The minimum absolute atomic E-state index is 0.563. The van der Waals surface area contributed by atoms with Gasteiger partial charge in [0.15, 0.2) is 0 Å². The van der Waals surface area contributed by atoms with Gasteiger partial charge in [0, 0.05) is 24.4 Å². The monoisotopic (exact) mass is 364 g/mol. The fourth-order valence-corrected chi connectivity index (χ4v) is 2.92. The molecule has 0 unspecified atom stereocenters. The summed E-state index contributed by atoms with van der Waals surface area (Å²) in [6, 6.07) is 14.0. The lowest BCUT2D eigenvalue weighted by molar-refractivity contribution is -0.124. The number of unbranched alkanes of at least 4 members (excludes halogenated alkanes) is 1. The highest BCUT2D eigenvalue weighted by Gasteiger charge is 2.13. The van der Waals surface area contributed by atoms with Crippen LogP contribution in [0.15, 0.2) is 54.7 Å². The second-order valence-electron chi connectivity index (χ2n) is 6.30. The average Bonchev–Trinajstić information content (AvgIpc) is 3.08. The van der Waals surface area contributed by atoms with Crippen molar-refractivity contribution in [1.29, 1.82) is 0 Å². The number of benzene rings is 1. The van der Waals surface area contributed by atoms with Gasteiger partial charge in [-0.05, 0) is 36.7 Å². The Morgan fingerprint density at radius 3 is 2.78 bits per heavy atom. The van der Waals surface area contributed by atoms with Crippen molar-refractivity contribution in [3.8, 4) is 11.3 Å². The van der Waals surface area contributed by atoms with Crippen molar-refractivity contribution in [2.75, 3.05) is 6.54 Å². The molecule has 0 aliphatic heterocycles. The molecule has 0 fully saturated rings. The lowest BCUT2D eigenvalue weighted by Gasteiger charge is -2.08. The van der Waals surface area contributed by atoms with Crippen LogP contribution in [0.3, 0.4) is 0 Å². The number of nitrogens with zero attached hydrogens (tertiary/aromatic N) is 2. The van der Waals surface area contributed by atoms with Crippen LogP contribution in [0.4, 0.5) is 0 Å². The molecular weight excluding hydrogens is 340 g/mol. The van der Waals surface area contributed by atoms with Gasteiger partial charge in [0.1, 0.15) is 5.65 Å². The van der Waals surface area contributed by atoms with Gasteiger partial charge in [0.05, 0.1) is 11.4 Å². The molecule has 1 aromatic carbocycles. The molecule has 140 valence electrons. The maximum absolute atomic E-state index is 11.2. The van der Waals surface area contributed by atoms with Crippen molar-refractivity contribution in [1.82, 2.24) is 20.2 Å². The van der Waals surface area contributed by atoms with Crippen molar-refractivity contribution >= 4 is 17.6 Å². The van der Waals surface area contributed by atoms with Crippen LogP contribution in [0.2, 0.25) is 0 Å². The largest absolute Gasteiger partial charge is 0.311 e. The van der Waals surface area contributed by atoms with Gasteiger partial charge in [0.25, 0.3) is 5.91 Å². The molecule has 0 aliphatic rings. The minimum Gasteiger partial charge on any atom is -0.311 e. The Kier molecular flexibility index (Phi) is 6.35. The summed E-state index contributed by atoms with van der Waals surface area (Å²) in [5, 5.41) is 12.1. The zero-order chi connectivity index (χ0) is 19.1. The van der Waals surface area contributed by atoms with Crippen LogP contribution in [0.25, 0.3) is 23.0 Å². The molecule has 0 saturated heterocycles. The van der Waals surface area contributed by atoms with Crippen molar-refractivity contribution in [3.63, 3.8) is 0 Å². The van der Waals surface area contributed by atoms with E-state index in [-0.39, 0.29) is 0 Å². The summed E-state index contributed by atoms with van der Waals surface area (Å²) in [5.74, 6) is -0.563. The first-order valence-electron chi connectivity index (χ1n) is 9.12. The van der Waals surface area contributed by atoms with E-state index in [1.165, 1.54) is 6.08 Å². The third-order valence-corrected chi connectivity index (χ3v) is 4.32. The van der Waals surface area contributed by atoms with Crippen molar-refractivity contribution in [2.45, 2.75) is 26.3 Å². The van der Waals surface area contributed by atoms with Gasteiger partial charge in [-0.15, -0.1) is 0 Å². The molecule has 2 heterocycles. The quantitative estimate of drug-likeness (QED) is 0.248. The van der Waals surface area contributed by atoms with Crippen LogP contribution >= 0.6 is 0 Å². The maximum atomic E-state index is 11.2. The first kappa shape index (κ1) is 18.8. The minimum atomic E-state index is -0.563. The lowest BCUT2D eigenvalue weighted by atomic mass is 10.1. The molecule has 3 rings (SSSR count). The van der Waals surface area contributed by atoms with E-state index >= 15 is 0 Å². The first-order valence-corrected chi connectivity index (χ1v) is 9.12. The number of carbonyl (C=O) groups excluding carboxylic acids is 1. The highest BCUT2D eigenvalue weighted by atomic mass is 16.5. The molecule has 0 aliphatic carbocycles. The molecule has 1 amide bonds. The summed E-state index contributed by atoms with van der Waals surface area (Å²) >= 11 is 0. The standard InChI is InChI=1S/C21H24N4O2/c1-2-3-13-22-14-18-21(17-7-5-4-6-8-17)23-19-11-9-16(15-25(18)19)10-12-20(26)24-27/h4-12,15,22,27H,2-3,13-14H2,1H3,(H,24,26)/b12-10+. The van der Waals surface area contributed by atoms with E-state index in [4.69, 9.17) is 10.2 Å². The second kappa shape index (κ2) is 9.12. The summed E-state index contributed by atoms with van der Waals surface area (Å²) in [4.78, 5) is 16.0. The summed E-state index contributed by atoms with van der Waals surface area (Å²) < 4.78 is 2.05. The molecule has 6 nitrogen and oxygen atoms in total. The van der Waals surface area contributed by atoms with Crippen LogP contribution < -0.4 is 10.8 Å². The molecule has 0 saturated carbocycles. The SMILES string of the molecule is CCCCNCc1c(-c2ccccc2)nc2ccc(/C=C/C(=O)NO)cn12. The Morgan fingerprint density at radius 2 is 2.04 bits per heavy atom. The summed E-state index contributed by atoms with van der Waals surface area (Å²) in [7, 11) is 0. The predicted molar refractivity (Wildman–Crippen MR) is 106 cm³/mol. The number of hydrogen-bond donors (Lipinski definition) is 3. The molecule has 6 heteroatoms. The van der Waals surface area contributed by atoms with Gasteiger partial charge in [-0.2, -0.15) is 0 Å². The summed E-state index contributed by atoms with van der Waals surface area (Å²) in [6.45, 7) is 3.83. The maximum Gasteiger partial charge on any atom is 0.267 e. The number of nitrogens with one attached hydrogen (secondary N) is 2. The normalized spacial score (nSPS) is 11.3. The molecule has 0 spiro atoms. The van der Waals surface area contributed by atoms with Gasteiger partial charge < -0.3 is 9.72 Å². The van der Waals surface area contributed by atoms with Crippen LogP contribution in [0.5, 0.6) is 0 Å². The Bertz CT molecular complexity index is 932. The molecule has 3 N–H and O–H groups in total. The fourth-order valence-electron chi connectivity index (χ4n) is 2.92. The zero-order valence-corrected chi connectivity index (χ0v) is 15.4. The molecule has 0 atom stereocenters. The smallest absolute Gasteiger partial charge is 0.267 e. The molecular formula is C21H24N4O2. The van der Waals surface area contributed by atoms with Crippen LogP contribution in [-0.4, -0.2) is 27.0 Å². The molecule has 0 radical (unpaired) electrons. The summed E-state index contributed by atoms with van der Waals surface area (Å²) in [6.07, 6.45) is 7.17. The third-order valence-electron chi connectivity index (χ3n) is 4.32. The van der Waals surface area contributed by atoms with E-state index in [0.717, 1.165) is 47.5 Å². The van der Waals surface area contributed by atoms with Gasteiger partial charge >= 0.3 is 0 Å². The first-order chi connectivity index (χ1) is 13.2. The Labute approximate surface area is 158 Å². The fraction of sp³-hybridized carbons (Fsp3) is 0.238. The Balaban J connectivity index is 2.00. The third kappa shape index (κ3) is 4.61. The van der Waals surface area contributed by atoms with E-state index < -0.39 is 5.91 Å². The Hall–Kier alpha value is -2.96. The number of hydroxylamine groups is 1. The number of imidazole rings is 1. The van der Waals surface area contributed by atoms with E-state index in [1.54, 1.807) is 11.6 Å². The molecule has 3 aromatic rings. The van der Waals surface area contributed by atoms with E-state index in [0.29, 0.717) is 6.54 Å². The summed E-state index contributed by atoms with van der Waals surface area (Å²) in [5.41, 5.74) is 6.40.